The third-order valence-corrected chi connectivity index (χ3v) is 3.69. The van der Waals surface area contributed by atoms with Crippen LogP contribution in [0.4, 0.5) is 11.6 Å². The van der Waals surface area contributed by atoms with Crippen molar-refractivity contribution >= 4 is 17.5 Å². The zero-order valence-electron chi connectivity index (χ0n) is 13.9. The summed E-state index contributed by atoms with van der Waals surface area (Å²) in [5, 5.41) is 12.9. The maximum absolute atomic E-state index is 11.4. The van der Waals surface area contributed by atoms with Gasteiger partial charge in [-0.15, -0.1) is 0 Å². The summed E-state index contributed by atoms with van der Waals surface area (Å²) in [6.45, 7) is 4.05. The van der Waals surface area contributed by atoms with Crippen LogP contribution >= 0.6 is 0 Å². The summed E-state index contributed by atoms with van der Waals surface area (Å²) in [5.74, 6) is -0.405. The molecule has 0 radical (unpaired) electrons. The van der Waals surface area contributed by atoms with Crippen LogP contribution in [-0.4, -0.2) is 21.0 Å². The number of carbonyl (C=O) groups is 1. The number of hydrogen-bond donors (Lipinski definition) is 3. The fourth-order valence-electron chi connectivity index (χ4n) is 2.65. The highest BCUT2D eigenvalue weighted by Gasteiger charge is 2.11. The van der Waals surface area contributed by atoms with E-state index in [2.05, 4.69) is 21.4 Å². The summed E-state index contributed by atoms with van der Waals surface area (Å²) < 4.78 is 0. The summed E-state index contributed by atoms with van der Waals surface area (Å²) in [7, 11) is 0. The number of rotatable bonds is 4. The van der Waals surface area contributed by atoms with E-state index in [-0.39, 0.29) is 11.3 Å². The number of amides is 1. The molecule has 126 valence electrons. The number of aromatic hydroxyl groups is 1. The highest BCUT2D eigenvalue weighted by atomic mass is 16.3. The summed E-state index contributed by atoms with van der Waals surface area (Å²) >= 11 is 0. The molecule has 0 saturated heterocycles. The van der Waals surface area contributed by atoms with Gasteiger partial charge in [0.25, 0.3) is 5.91 Å². The molecule has 6 nitrogen and oxygen atoms in total. The fourth-order valence-corrected chi connectivity index (χ4v) is 2.65. The van der Waals surface area contributed by atoms with Gasteiger partial charge < -0.3 is 16.2 Å². The largest absolute Gasteiger partial charge is 0.507 e. The number of carbonyl (C=O) groups excluding carboxylic acids is 1. The van der Waals surface area contributed by atoms with Gasteiger partial charge in [-0.25, -0.2) is 9.97 Å². The van der Waals surface area contributed by atoms with Crippen molar-refractivity contribution in [1.82, 2.24) is 9.97 Å². The van der Waals surface area contributed by atoms with Gasteiger partial charge in [0.2, 0.25) is 5.95 Å². The third-order valence-electron chi connectivity index (χ3n) is 3.69. The number of aryl methyl sites for hydroxylation is 2. The molecule has 0 spiro atoms. The predicted molar refractivity (Wildman–Crippen MR) is 96.8 cm³/mol. The highest BCUT2D eigenvalue weighted by molar-refractivity contribution is 5.96. The van der Waals surface area contributed by atoms with Gasteiger partial charge in [0.1, 0.15) is 5.75 Å². The van der Waals surface area contributed by atoms with Crippen LogP contribution in [-0.2, 0) is 0 Å². The van der Waals surface area contributed by atoms with Gasteiger partial charge in [-0.05, 0) is 61.4 Å². The molecular weight excluding hydrogens is 316 g/mol. The normalized spacial score (nSPS) is 10.5. The summed E-state index contributed by atoms with van der Waals surface area (Å²) in [6.07, 6.45) is 1.63. The number of nitrogens with two attached hydrogens (primary N) is 1. The van der Waals surface area contributed by atoms with Gasteiger partial charge in [0.05, 0.1) is 11.3 Å². The first kappa shape index (κ1) is 16.4. The lowest BCUT2D eigenvalue weighted by atomic mass is 10.1. The topological polar surface area (TPSA) is 101 Å². The first-order valence-corrected chi connectivity index (χ1v) is 7.74. The van der Waals surface area contributed by atoms with Crippen molar-refractivity contribution < 1.29 is 9.90 Å². The minimum absolute atomic E-state index is 0.0555. The highest BCUT2D eigenvalue weighted by Crippen LogP contribution is 2.25. The van der Waals surface area contributed by atoms with Gasteiger partial charge in [-0.3, -0.25) is 4.79 Å². The summed E-state index contributed by atoms with van der Waals surface area (Å²) in [4.78, 5) is 20.1. The monoisotopic (exact) mass is 334 g/mol. The molecule has 0 aliphatic rings. The average Bonchev–Trinajstić information content (AvgIpc) is 2.54. The average molecular weight is 334 g/mol. The Morgan fingerprint density at radius 1 is 1.08 bits per heavy atom. The standard InChI is InChI=1S/C19H18N4O2/c1-11-7-12(2)9-14(8-11)22-19-21-6-5-16(23-19)13-3-4-17(24)15(10-13)18(20)25/h3-10,24H,1-2H3,(H2,20,25)(H,21,22,23). The second-order valence-corrected chi connectivity index (χ2v) is 5.86. The molecule has 0 saturated carbocycles. The molecular formula is C19H18N4O2. The number of nitrogens with zero attached hydrogens (tertiary/aromatic N) is 2. The molecule has 3 aromatic rings. The Kier molecular flexibility index (Phi) is 4.35. The van der Waals surface area contributed by atoms with Crippen LogP contribution in [0.3, 0.4) is 0 Å². The quantitative estimate of drug-likeness (QED) is 0.679. The Bertz CT molecular complexity index is 934. The van der Waals surface area contributed by atoms with E-state index < -0.39 is 5.91 Å². The van der Waals surface area contributed by atoms with Crippen molar-refractivity contribution in [2.24, 2.45) is 5.73 Å². The van der Waals surface area contributed by atoms with E-state index in [0.717, 1.165) is 16.8 Å². The van der Waals surface area contributed by atoms with E-state index in [4.69, 9.17) is 5.73 Å². The van der Waals surface area contributed by atoms with E-state index in [9.17, 15) is 9.90 Å². The second kappa shape index (κ2) is 6.60. The van der Waals surface area contributed by atoms with Crippen molar-refractivity contribution in [3.63, 3.8) is 0 Å². The van der Waals surface area contributed by atoms with E-state index >= 15 is 0 Å². The maximum Gasteiger partial charge on any atom is 0.252 e. The Morgan fingerprint density at radius 3 is 2.48 bits per heavy atom. The second-order valence-electron chi connectivity index (χ2n) is 5.86. The zero-order valence-corrected chi connectivity index (χ0v) is 13.9. The van der Waals surface area contributed by atoms with Gasteiger partial charge in [0.15, 0.2) is 0 Å². The summed E-state index contributed by atoms with van der Waals surface area (Å²) in [6, 6.07) is 12.4. The number of primary amides is 1. The molecule has 3 rings (SSSR count). The summed E-state index contributed by atoms with van der Waals surface area (Å²) in [5.41, 5.74) is 9.80. The van der Waals surface area contributed by atoms with Crippen LogP contribution in [0.5, 0.6) is 5.75 Å². The lowest BCUT2D eigenvalue weighted by molar-refractivity contribution is 0.0998. The molecule has 0 aliphatic carbocycles. The minimum atomic E-state index is -0.693. The van der Waals surface area contributed by atoms with E-state index in [1.54, 1.807) is 18.3 Å². The lowest BCUT2D eigenvalue weighted by Crippen LogP contribution is -2.11. The number of anilines is 2. The van der Waals surface area contributed by atoms with Crippen molar-refractivity contribution in [3.05, 3.63) is 65.4 Å². The van der Waals surface area contributed by atoms with Crippen molar-refractivity contribution in [3.8, 4) is 17.0 Å². The van der Waals surface area contributed by atoms with Gasteiger partial charge in [-0.1, -0.05) is 6.07 Å². The van der Waals surface area contributed by atoms with Crippen molar-refractivity contribution in [2.45, 2.75) is 13.8 Å². The van der Waals surface area contributed by atoms with Crippen LogP contribution < -0.4 is 11.1 Å². The van der Waals surface area contributed by atoms with Crippen LogP contribution in [0.25, 0.3) is 11.3 Å². The first-order chi connectivity index (χ1) is 11.9. The van der Waals surface area contributed by atoms with Crippen LogP contribution in [0.15, 0.2) is 48.7 Å². The molecule has 1 aromatic heterocycles. The number of hydrogen-bond acceptors (Lipinski definition) is 5. The lowest BCUT2D eigenvalue weighted by Gasteiger charge is -2.09. The SMILES string of the molecule is Cc1cc(C)cc(Nc2nccc(-c3ccc(O)c(C(N)=O)c3)n2)c1. The Morgan fingerprint density at radius 2 is 1.80 bits per heavy atom. The number of benzene rings is 2. The predicted octanol–water partition coefficient (Wildman–Crippen LogP) is 3.31. The Balaban J connectivity index is 1.94. The molecule has 0 atom stereocenters. The molecule has 0 bridgehead atoms. The molecule has 0 aliphatic heterocycles. The van der Waals surface area contributed by atoms with Crippen LogP contribution in [0.2, 0.25) is 0 Å². The number of phenols is 1. The van der Waals surface area contributed by atoms with Gasteiger partial charge in [0, 0.05) is 17.4 Å². The van der Waals surface area contributed by atoms with E-state index in [1.165, 1.54) is 12.1 Å². The van der Waals surface area contributed by atoms with Crippen LogP contribution in [0.1, 0.15) is 21.5 Å². The molecule has 6 heteroatoms. The molecule has 1 amide bonds. The zero-order chi connectivity index (χ0) is 18.0. The molecule has 0 fully saturated rings. The minimum Gasteiger partial charge on any atom is -0.507 e. The third kappa shape index (κ3) is 3.74. The van der Waals surface area contributed by atoms with E-state index in [0.29, 0.717) is 17.2 Å². The fraction of sp³-hybridized carbons (Fsp3) is 0.105. The number of aromatic nitrogens is 2. The Hall–Kier alpha value is -3.41. The molecule has 1 heterocycles. The number of nitrogens with one attached hydrogen (secondary N) is 1. The molecule has 0 unspecified atom stereocenters. The van der Waals surface area contributed by atoms with Crippen LogP contribution in [0, 0.1) is 13.8 Å². The van der Waals surface area contributed by atoms with Gasteiger partial charge >= 0.3 is 0 Å². The molecule has 4 N–H and O–H groups in total. The van der Waals surface area contributed by atoms with E-state index in [1.807, 2.05) is 26.0 Å². The van der Waals surface area contributed by atoms with Crippen molar-refractivity contribution in [1.29, 1.82) is 0 Å². The Labute approximate surface area is 145 Å². The maximum atomic E-state index is 11.4. The molecule has 25 heavy (non-hydrogen) atoms. The first-order valence-electron chi connectivity index (χ1n) is 7.74. The van der Waals surface area contributed by atoms with Gasteiger partial charge in [-0.2, -0.15) is 0 Å². The van der Waals surface area contributed by atoms with Crippen molar-refractivity contribution in [2.75, 3.05) is 5.32 Å². The molecule has 2 aromatic carbocycles. The smallest absolute Gasteiger partial charge is 0.252 e.